The summed E-state index contributed by atoms with van der Waals surface area (Å²) >= 11 is 0. The summed E-state index contributed by atoms with van der Waals surface area (Å²) in [6.07, 6.45) is 0. The molecule has 8 nitrogen and oxygen atoms in total. The van der Waals surface area contributed by atoms with E-state index in [-0.39, 0.29) is 12.6 Å². The molecule has 186 valence electrons. The Bertz CT molecular complexity index is 1120. The molecule has 1 fully saturated rings. The van der Waals surface area contributed by atoms with E-state index in [0.29, 0.717) is 29.1 Å². The summed E-state index contributed by atoms with van der Waals surface area (Å²) in [6.45, 7) is 10.1. The van der Waals surface area contributed by atoms with Gasteiger partial charge in [0.05, 0.1) is 25.3 Å². The Kier molecular flexibility index (Phi) is 7.60. The van der Waals surface area contributed by atoms with Crippen molar-refractivity contribution >= 4 is 17.7 Å². The molecule has 0 saturated carbocycles. The molecule has 8 heteroatoms. The smallest absolute Gasteiger partial charge is 0.338 e. The summed E-state index contributed by atoms with van der Waals surface area (Å²) in [5.74, 6) is 0.155. The molecule has 1 atom stereocenters. The molecule has 0 bridgehead atoms. The monoisotopic (exact) mass is 478 g/mol. The van der Waals surface area contributed by atoms with Crippen LogP contribution in [0.3, 0.4) is 0 Å². The molecule has 2 aromatic rings. The number of rotatable bonds is 7. The lowest BCUT2D eigenvalue weighted by molar-refractivity contribution is -0.139. The second-order valence-corrected chi connectivity index (χ2v) is 8.87. The van der Waals surface area contributed by atoms with Gasteiger partial charge >= 0.3 is 12.0 Å². The average Bonchev–Trinajstić information content (AvgIpc) is 2.86. The number of para-hydroxylation sites is 1. The molecule has 1 saturated heterocycles. The van der Waals surface area contributed by atoms with Crippen molar-refractivity contribution < 1.29 is 19.1 Å². The fourth-order valence-corrected chi connectivity index (χ4v) is 4.78. The molecule has 0 unspecified atom stereocenters. The number of anilines is 1. The van der Waals surface area contributed by atoms with Gasteiger partial charge in [-0.15, -0.1) is 0 Å². The van der Waals surface area contributed by atoms with Crippen LogP contribution in [0.4, 0.5) is 10.5 Å². The van der Waals surface area contributed by atoms with Gasteiger partial charge in [-0.25, -0.2) is 9.59 Å². The van der Waals surface area contributed by atoms with Crippen molar-refractivity contribution in [3.63, 3.8) is 0 Å². The van der Waals surface area contributed by atoms with Crippen molar-refractivity contribution in [1.82, 2.24) is 15.5 Å². The van der Waals surface area contributed by atoms with Crippen LogP contribution in [0.2, 0.25) is 0 Å². The molecule has 2 aliphatic rings. The van der Waals surface area contributed by atoms with Crippen LogP contribution in [0.15, 0.2) is 53.7 Å². The van der Waals surface area contributed by atoms with E-state index in [4.69, 9.17) is 9.47 Å². The Morgan fingerprint density at radius 1 is 1.06 bits per heavy atom. The van der Waals surface area contributed by atoms with Gasteiger partial charge < -0.3 is 25.0 Å². The molecular formula is C27H34N4O4. The number of piperazine rings is 1. The highest BCUT2D eigenvalue weighted by atomic mass is 16.5. The number of esters is 1. The van der Waals surface area contributed by atoms with Gasteiger partial charge in [0.25, 0.3) is 0 Å². The minimum atomic E-state index is -0.662. The Morgan fingerprint density at radius 2 is 1.80 bits per heavy atom. The highest BCUT2D eigenvalue weighted by molar-refractivity contribution is 5.95. The van der Waals surface area contributed by atoms with Gasteiger partial charge in [0.1, 0.15) is 5.75 Å². The van der Waals surface area contributed by atoms with E-state index in [1.807, 2.05) is 24.3 Å². The number of carbonyl (C=O) groups excluding carboxylic acids is 2. The molecule has 0 spiro atoms. The summed E-state index contributed by atoms with van der Waals surface area (Å²) < 4.78 is 10.9. The number of nitrogens with one attached hydrogen (secondary N) is 2. The van der Waals surface area contributed by atoms with Crippen molar-refractivity contribution in [1.29, 1.82) is 0 Å². The standard InChI is InChI=1S/C27H34N4O4/c1-5-35-26(32)24-21(28-27(33)29-25(24)20-10-6-7-12-23(20)34-4)17-30-13-15-31(16-14-30)22-11-8-9-18(2)19(22)3/h6-12,25H,5,13-17H2,1-4H3,(H2,28,29,33)/t25-/m1/s1. The maximum Gasteiger partial charge on any atom is 0.338 e. The summed E-state index contributed by atoms with van der Waals surface area (Å²) in [7, 11) is 1.58. The van der Waals surface area contributed by atoms with Crippen LogP contribution in [0.1, 0.15) is 29.7 Å². The lowest BCUT2D eigenvalue weighted by Crippen LogP contribution is -2.52. The number of hydrogen-bond acceptors (Lipinski definition) is 6. The Balaban J connectivity index is 1.59. The SMILES string of the molecule is CCOC(=O)C1=C(CN2CCN(c3cccc(C)c3C)CC2)NC(=O)N[C@@H]1c1ccccc1OC. The van der Waals surface area contributed by atoms with E-state index in [2.05, 4.69) is 52.5 Å². The van der Waals surface area contributed by atoms with Gasteiger partial charge in [0, 0.05) is 49.7 Å². The first-order valence-electron chi connectivity index (χ1n) is 12.1. The maximum absolute atomic E-state index is 13.1. The third-order valence-electron chi connectivity index (χ3n) is 6.77. The number of methoxy groups -OCH3 is 1. The van der Waals surface area contributed by atoms with Crippen molar-refractivity contribution in [2.45, 2.75) is 26.8 Å². The van der Waals surface area contributed by atoms with Gasteiger partial charge in [0.2, 0.25) is 0 Å². The number of urea groups is 1. The van der Waals surface area contributed by atoms with Crippen LogP contribution >= 0.6 is 0 Å². The molecular weight excluding hydrogens is 444 g/mol. The van der Waals surface area contributed by atoms with Gasteiger partial charge in [-0.05, 0) is 44.0 Å². The minimum Gasteiger partial charge on any atom is -0.496 e. The van der Waals surface area contributed by atoms with Gasteiger partial charge in [-0.2, -0.15) is 0 Å². The van der Waals surface area contributed by atoms with Gasteiger partial charge in [-0.3, -0.25) is 4.90 Å². The number of aryl methyl sites for hydroxylation is 1. The van der Waals surface area contributed by atoms with Crippen LogP contribution < -0.4 is 20.3 Å². The first kappa shape index (κ1) is 24.6. The topological polar surface area (TPSA) is 83.1 Å². The number of hydrogen-bond donors (Lipinski definition) is 2. The Hall–Kier alpha value is -3.52. The lowest BCUT2D eigenvalue weighted by Gasteiger charge is -2.38. The number of benzene rings is 2. The van der Waals surface area contributed by atoms with E-state index in [1.165, 1.54) is 16.8 Å². The number of carbonyl (C=O) groups is 2. The van der Waals surface area contributed by atoms with E-state index in [0.717, 1.165) is 26.2 Å². The fraction of sp³-hybridized carbons (Fsp3) is 0.407. The van der Waals surface area contributed by atoms with E-state index >= 15 is 0 Å². The normalized spacial score (nSPS) is 18.7. The van der Waals surface area contributed by atoms with E-state index in [1.54, 1.807) is 14.0 Å². The van der Waals surface area contributed by atoms with Crippen LogP contribution in [0.25, 0.3) is 0 Å². The predicted molar refractivity (Wildman–Crippen MR) is 136 cm³/mol. The van der Waals surface area contributed by atoms with E-state index in [9.17, 15) is 9.59 Å². The summed E-state index contributed by atoms with van der Waals surface area (Å²) in [5, 5.41) is 5.77. The molecule has 2 N–H and O–H groups in total. The van der Waals surface area contributed by atoms with Crippen LogP contribution in [-0.4, -0.2) is 63.3 Å². The molecule has 35 heavy (non-hydrogen) atoms. The zero-order valence-corrected chi connectivity index (χ0v) is 20.9. The molecule has 2 heterocycles. The van der Waals surface area contributed by atoms with Gasteiger partial charge in [0.15, 0.2) is 0 Å². The second-order valence-electron chi connectivity index (χ2n) is 8.87. The van der Waals surface area contributed by atoms with Crippen molar-refractivity contribution in [3.05, 3.63) is 70.4 Å². The highest BCUT2D eigenvalue weighted by Crippen LogP contribution is 2.34. The number of amides is 2. The minimum absolute atomic E-state index is 0.247. The zero-order chi connectivity index (χ0) is 24.9. The maximum atomic E-state index is 13.1. The van der Waals surface area contributed by atoms with Gasteiger partial charge in [-0.1, -0.05) is 30.3 Å². The zero-order valence-electron chi connectivity index (χ0n) is 20.9. The molecule has 2 amide bonds. The molecule has 0 radical (unpaired) electrons. The third kappa shape index (κ3) is 5.27. The largest absolute Gasteiger partial charge is 0.496 e. The summed E-state index contributed by atoms with van der Waals surface area (Å²) in [4.78, 5) is 30.4. The predicted octanol–water partition coefficient (Wildman–Crippen LogP) is 3.31. The summed E-state index contributed by atoms with van der Waals surface area (Å²) in [5.41, 5.74) is 5.55. The number of nitrogens with zero attached hydrogens (tertiary/aromatic N) is 2. The average molecular weight is 479 g/mol. The van der Waals surface area contributed by atoms with Crippen LogP contribution in [0, 0.1) is 13.8 Å². The van der Waals surface area contributed by atoms with Crippen LogP contribution in [-0.2, 0) is 9.53 Å². The Morgan fingerprint density at radius 3 is 2.51 bits per heavy atom. The van der Waals surface area contributed by atoms with Crippen molar-refractivity contribution in [3.8, 4) is 5.75 Å². The molecule has 4 rings (SSSR count). The first-order valence-corrected chi connectivity index (χ1v) is 12.1. The quantitative estimate of drug-likeness (QED) is 0.594. The fourth-order valence-electron chi connectivity index (χ4n) is 4.78. The molecule has 0 aliphatic carbocycles. The second kappa shape index (κ2) is 10.8. The molecule has 0 aromatic heterocycles. The molecule has 2 aliphatic heterocycles. The first-order chi connectivity index (χ1) is 16.9. The third-order valence-corrected chi connectivity index (χ3v) is 6.77. The summed E-state index contributed by atoms with van der Waals surface area (Å²) in [6, 6.07) is 12.8. The highest BCUT2D eigenvalue weighted by Gasteiger charge is 2.36. The Labute approximate surface area is 206 Å². The van der Waals surface area contributed by atoms with Crippen molar-refractivity contribution in [2.75, 3.05) is 51.3 Å². The number of ether oxygens (including phenoxy) is 2. The van der Waals surface area contributed by atoms with Crippen LogP contribution in [0.5, 0.6) is 5.75 Å². The van der Waals surface area contributed by atoms with Crippen molar-refractivity contribution in [2.24, 2.45) is 0 Å². The molecule has 2 aromatic carbocycles. The lowest BCUT2D eigenvalue weighted by atomic mass is 9.94. The van der Waals surface area contributed by atoms with E-state index < -0.39 is 12.0 Å².